The van der Waals surface area contributed by atoms with Crippen molar-refractivity contribution in [2.45, 2.75) is 77.4 Å². The lowest BCUT2D eigenvalue weighted by Crippen LogP contribution is -2.54. The molecule has 0 bridgehead atoms. The third-order valence-electron chi connectivity index (χ3n) is 12.7. The molecule has 3 aliphatic rings. The van der Waals surface area contributed by atoms with Gasteiger partial charge in [0.2, 0.25) is 11.8 Å². The molecule has 8 rings (SSSR count). The van der Waals surface area contributed by atoms with Crippen molar-refractivity contribution < 1.29 is 42.9 Å². The highest BCUT2D eigenvalue weighted by atomic mass is 16.5. The van der Waals surface area contributed by atoms with Gasteiger partial charge in [-0.15, -0.1) is 0 Å². The molecule has 0 aliphatic carbocycles. The third-order valence-corrected chi connectivity index (χ3v) is 12.7. The van der Waals surface area contributed by atoms with E-state index in [0.717, 1.165) is 61.9 Å². The number of nitrogens with zero attached hydrogens (tertiary/aromatic N) is 4. The van der Waals surface area contributed by atoms with E-state index in [0.29, 0.717) is 44.4 Å². The molecule has 17 nitrogen and oxygen atoms in total. The minimum Gasteiger partial charge on any atom is -0.488 e. The van der Waals surface area contributed by atoms with Crippen molar-refractivity contribution in [3.05, 3.63) is 65.9 Å². The number of amides is 4. The first kappa shape index (κ1) is 43.4. The van der Waals surface area contributed by atoms with Crippen molar-refractivity contribution in [2.75, 3.05) is 48.1 Å². The van der Waals surface area contributed by atoms with Crippen LogP contribution in [0.5, 0.6) is 5.75 Å². The van der Waals surface area contributed by atoms with E-state index in [4.69, 9.17) is 33.7 Å². The molecule has 0 spiro atoms. The lowest BCUT2D eigenvalue weighted by Gasteiger charge is -2.30. The smallest absolute Gasteiger partial charge is 0.407 e. The Labute approximate surface area is 365 Å². The fourth-order valence-electron chi connectivity index (χ4n) is 9.37. The summed E-state index contributed by atoms with van der Waals surface area (Å²) >= 11 is 0. The van der Waals surface area contributed by atoms with Gasteiger partial charge in [0.05, 0.1) is 61.9 Å². The molecular formula is C46H56N8O9. The molecule has 5 aromatic rings. The number of methoxy groups -OCH3 is 4. The maximum Gasteiger partial charge on any atom is 0.407 e. The number of likely N-dealkylation sites (tertiary alicyclic amines) is 2. The van der Waals surface area contributed by atoms with Crippen LogP contribution in [0.4, 0.5) is 9.59 Å². The van der Waals surface area contributed by atoms with Crippen LogP contribution in [0.15, 0.2) is 48.7 Å². The van der Waals surface area contributed by atoms with E-state index in [1.54, 1.807) is 25.1 Å². The Bertz CT molecular complexity index is 2540. The summed E-state index contributed by atoms with van der Waals surface area (Å²) in [5.41, 5.74) is 6.42. The van der Waals surface area contributed by atoms with Crippen LogP contribution < -0.4 is 15.4 Å². The highest BCUT2D eigenvalue weighted by molar-refractivity contribution is 6.07. The Kier molecular flexibility index (Phi) is 12.3. The van der Waals surface area contributed by atoms with Crippen molar-refractivity contribution in [3.63, 3.8) is 0 Å². The van der Waals surface area contributed by atoms with Gasteiger partial charge in [0, 0.05) is 44.2 Å². The molecule has 2 fully saturated rings. The van der Waals surface area contributed by atoms with Crippen molar-refractivity contribution in [3.8, 4) is 28.1 Å². The summed E-state index contributed by atoms with van der Waals surface area (Å²) in [6, 6.07) is 12.2. The van der Waals surface area contributed by atoms with Crippen LogP contribution in [0, 0.1) is 17.8 Å². The number of carbonyl (C=O) groups is 4. The molecule has 63 heavy (non-hydrogen) atoms. The topological polar surface area (TPSA) is 202 Å². The van der Waals surface area contributed by atoms with Gasteiger partial charge in [-0.1, -0.05) is 39.0 Å². The van der Waals surface area contributed by atoms with Crippen LogP contribution in [0.1, 0.15) is 69.8 Å². The van der Waals surface area contributed by atoms with E-state index < -0.39 is 36.4 Å². The zero-order valence-corrected chi connectivity index (χ0v) is 36.9. The van der Waals surface area contributed by atoms with E-state index in [-0.39, 0.29) is 35.6 Å². The van der Waals surface area contributed by atoms with Gasteiger partial charge in [-0.25, -0.2) is 19.6 Å². The van der Waals surface area contributed by atoms with E-state index in [2.05, 4.69) is 57.9 Å². The standard InChI is InChI=1S/C46H56N8O9/c1-23(2)38(51-45(57)61-7)43(55)53-19-24(3)13-35(53)41-47-18-34(49-41)28-9-11-30-29(15-28)22-63-37-17-31-27(16-32(30)37)10-12-33-40(31)50-42(48-33)36-14-26(21-59-5)20-54(36)44(56)39(25(4)60-6)52-46(58)62-8/h9-12,15-18,23-26,35-36,38-39H,13-14,19-22H2,1-8H3,(H,47,49)(H,48,50)(H,51,57)(H,52,58)/t24-,25+,26-,35?,36-,38-,39-/m0/s1. The summed E-state index contributed by atoms with van der Waals surface area (Å²) < 4.78 is 27.1. The number of ether oxygens (including phenoxy) is 5. The van der Waals surface area contributed by atoms with Crippen LogP contribution in [-0.2, 0) is 35.1 Å². The number of rotatable bonds is 12. The minimum atomic E-state index is -0.970. The number of nitrogens with one attached hydrogen (secondary N) is 4. The number of carbonyl (C=O) groups excluding carboxylic acids is 4. The van der Waals surface area contributed by atoms with Gasteiger partial charge in [0.1, 0.15) is 36.1 Å². The summed E-state index contributed by atoms with van der Waals surface area (Å²) in [4.78, 5) is 72.8. The Morgan fingerprint density at radius 1 is 0.841 bits per heavy atom. The highest BCUT2D eigenvalue weighted by Gasteiger charge is 2.43. The number of aromatic amines is 2. The Balaban J connectivity index is 1.05. The van der Waals surface area contributed by atoms with E-state index >= 15 is 0 Å². The maximum atomic E-state index is 14.1. The van der Waals surface area contributed by atoms with Crippen LogP contribution >= 0.6 is 0 Å². The second-order valence-electron chi connectivity index (χ2n) is 17.3. The summed E-state index contributed by atoms with van der Waals surface area (Å²) in [7, 11) is 5.68. The normalized spacial score (nSPS) is 20.8. The summed E-state index contributed by atoms with van der Waals surface area (Å²) in [5, 5.41) is 7.27. The number of imidazole rings is 2. The average Bonchev–Trinajstić information content (AvgIpc) is 4.11. The molecule has 0 saturated carbocycles. The number of alkyl carbamates (subject to hydrolysis) is 2. The zero-order valence-electron chi connectivity index (χ0n) is 36.9. The fraction of sp³-hybridized carbons (Fsp3) is 0.478. The molecule has 4 N–H and O–H groups in total. The largest absolute Gasteiger partial charge is 0.488 e. The molecule has 17 heteroatoms. The molecule has 5 heterocycles. The predicted octanol–water partition coefficient (Wildman–Crippen LogP) is 6.25. The molecule has 3 aliphatic heterocycles. The lowest BCUT2D eigenvalue weighted by molar-refractivity contribution is -0.138. The van der Waals surface area contributed by atoms with Gasteiger partial charge >= 0.3 is 12.2 Å². The number of fused-ring (bicyclic) bond motifs is 6. The highest BCUT2D eigenvalue weighted by Crippen LogP contribution is 2.44. The Morgan fingerprint density at radius 2 is 1.56 bits per heavy atom. The second-order valence-corrected chi connectivity index (χ2v) is 17.3. The van der Waals surface area contributed by atoms with Gasteiger partial charge in [0.15, 0.2) is 0 Å². The SMILES string of the molecule is COC[C@H]1C[C@@H](c2nc3c(ccc4cc5c(cc43)OCc3cc(-c4cnc(C6C[C@H](C)CN6C(=O)[C@@H](NC(=O)OC)C(C)C)[nH]4)ccc3-5)[nH]2)N(C(=O)[C@@H](NC(=O)OC)[C@@H](C)OC)C1. The van der Waals surface area contributed by atoms with Crippen molar-refractivity contribution in [2.24, 2.45) is 17.8 Å². The number of hydrogen-bond acceptors (Lipinski definition) is 11. The quantitative estimate of drug-likeness (QED) is 0.110. The number of benzene rings is 3. The van der Waals surface area contributed by atoms with E-state index in [9.17, 15) is 19.2 Å². The predicted molar refractivity (Wildman–Crippen MR) is 234 cm³/mol. The molecule has 4 amide bonds. The summed E-state index contributed by atoms with van der Waals surface area (Å²) in [6.45, 7) is 9.45. The Morgan fingerprint density at radius 3 is 2.27 bits per heavy atom. The lowest BCUT2D eigenvalue weighted by atomic mass is 9.92. The van der Waals surface area contributed by atoms with Crippen LogP contribution in [0.3, 0.4) is 0 Å². The van der Waals surface area contributed by atoms with Crippen LogP contribution in [0.25, 0.3) is 44.2 Å². The summed E-state index contributed by atoms with van der Waals surface area (Å²) in [5.74, 6) is 1.80. The molecule has 334 valence electrons. The summed E-state index contributed by atoms with van der Waals surface area (Å²) in [6.07, 6.45) is 1.20. The first-order chi connectivity index (χ1) is 30.3. The Hall–Kier alpha value is -6.20. The molecule has 0 radical (unpaired) electrons. The van der Waals surface area contributed by atoms with Gasteiger partial charge < -0.3 is 54.1 Å². The fourth-order valence-corrected chi connectivity index (χ4v) is 9.37. The molecule has 1 unspecified atom stereocenters. The zero-order chi connectivity index (χ0) is 44.7. The van der Waals surface area contributed by atoms with Crippen molar-refractivity contribution in [1.82, 2.24) is 40.4 Å². The monoisotopic (exact) mass is 864 g/mol. The number of H-pyrrole nitrogens is 2. The van der Waals surface area contributed by atoms with Crippen LogP contribution in [0.2, 0.25) is 0 Å². The van der Waals surface area contributed by atoms with Gasteiger partial charge in [-0.2, -0.15) is 0 Å². The average molecular weight is 865 g/mol. The van der Waals surface area contributed by atoms with E-state index in [1.165, 1.54) is 21.3 Å². The number of aromatic nitrogens is 4. The molecule has 2 saturated heterocycles. The first-order valence-corrected chi connectivity index (χ1v) is 21.4. The van der Waals surface area contributed by atoms with Crippen LogP contribution in [-0.4, -0.2) is 120 Å². The van der Waals surface area contributed by atoms with Crippen molar-refractivity contribution >= 4 is 45.8 Å². The van der Waals surface area contributed by atoms with Crippen molar-refractivity contribution in [1.29, 1.82) is 0 Å². The molecule has 2 aromatic heterocycles. The second kappa shape index (κ2) is 17.9. The van der Waals surface area contributed by atoms with Gasteiger partial charge in [0.25, 0.3) is 0 Å². The first-order valence-electron chi connectivity index (χ1n) is 21.4. The maximum absolute atomic E-state index is 14.1. The molecule has 7 atom stereocenters. The molecular weight excluding hydrogens is 809 g/mol. The number of hydrogen-bond donors (Lipinski definition) is 4. The van der Waals surface area contributed by atoms with Gasteiger partial charge in [-0.05, 0) is 77.9 Å². The minimum absolute atomic E-state index is 0.0554. The third kappa shape index (κ3) is 8.38. The van der Waals surface area contributed by atoms with Gasteiger partial charge in [-0.3, -0.25) is 9.59 Å². The molecule has 3 aromatic carbocycles. The van der Waals surface area contributed by atoms with E-state index in [1.807, 2.05) is 30.9 Å².